The molecule has 5 nitrogen and oxygen atoms in total. The van der Waals surface area contributed by atoms with E-state index in [9.17, 15) is 21.2 Å². The number of aromatic nitrogens is 1. The largest absolute Gasteiger partial charge is 0.224 e. The van der Waals surface area contributed by atoms with E-state index in [-0.39, 0.29) is 15.0 Å². The van der Waals surface area contributed by atoms with Gasteiger partial charge in [-0.15, -0.1) is 11.3 Å². The van der Waals surface area contributed by atoms with E-state index in [1.54, 1.807) is 24.3 Å². The summed E-state index contributed by atoms with van der Waals surface area (Å²) < 4.78 is 61.1. The van der Waals surface area contributed by atoms with Crippen molar-refractivity contribution in [2.45, 2.75) is 16.2 Å². The lowest BCUT2D eigenvalue weighted by Crippen LogP contribution is -2.02. The summed E-state index contributed by atoms with van der Waals surface area (Å²) in [4.78, 5) is 5.04. The second kappa shape index (κ2) is 7.14. The maximum Gasteiger partial charge on any atom is 0.210 e. The Morgan fingerprint density at radius 2 is 1.48 bits per heavy atom. The van der Waals surface area contributed by atoms with Gasteiger partial charge in [0.2, 0.25) is 14.2 Å². The van der Waals surface area contributed by atoms with Crippen molar-refractivity contribution in [3.63, 3.8) is 0 Å². The maximum absolute atomic E-state index is 13.3. The average Bonchev–Trinajstić information content (AvgIpc) is 3.08. The van der Waals surface area contributed by atoms with Crippen LogP contribution in [0.25, 0.3) is 21.7 Å². The number of thiazole rings is 1. The quantitative estimate of drug-likeness (QED) is 0.621. The van der Waals surface area contributed by atoms with Crippen LogP contribution >= 0.6 is 11.3 Å². The molecule has 0 N–H and O–H groups in total. The third-order valence-electron chi connectivity index (χ3n) is 3.92. The minimum atomic E-state index is -3.52. The molecule has 1 aromatic heterocycles. The fraction of sp³-hybridized carbons (Fsp3) is 0.167. The SMILES string of the molecule is CCS(=O)(=O)c1nc(-c2ccc(S(C)(=O)=O)cc2)c(-c2ccc(F)cc2)s1. The van der Waals surface area contributed by atoms with Crippen LogP contribution in [-0.2, 0) is 19.7 Å². The molecule has 0 aliphatic heterocycles. The van der Waals surface area contributed by atoms with Crippen molar-refractivity contribution in [2.24, 2.45) is 0 Å². The van der Waals surface area contributed by atoms with Gasteiger partial charge in [-0.05, 0) is 29.8 Å². The maximum atomic E-state index is 13.3. The molecule has 9 heteroatoms. The molecule has 0 saturated heterocycles. The zero-order valence-corrected chi connectivity index (χ0v) is 17.0. The van der Waals surface area contributed by atoms with Gasteiger partial charge in [0.05, 0.1) is 21.2 Å². The van der Waals surface area contributed by atoms with Crippen LogP contribution < -0.4 is 0 Å². The Hall–Kier alpha value is -2.10. The lowest BCUT2D eigenvalue weighted by Gasteiger charge is -2.04. The Morgan fingerprint density at radius 3 is 2.00 bits per heavy atom. The van der Waals surface area contributed by atoms with Gasteiger partial charge >= 0.3 is 0 Å². The minimum absolute atomic E-state index is 0.0217. The summed E-state index contributed by atoms with van der Waals surface area (Å²) in [5, 5.41) is 0. The van der Waals surface area contributed by atoms with Gasteiger partial charge in [-0.25, -0.2) is 26.2 Å². The van der Waals surface area contributed by atoms with E-state index in [1.807, 2.05) is 0 Å². The predicted molar refractivity (Wildman–Crippen MR) is 104 cm³/mol. The summed E-state index contributed by atoms with van der Waals surface area (Å²) in [5.41, 5.74) is 1.63. The number of sulfone groups is 2. The average molecular weight is 426 g/mol. The first-order chi connectivity index (χ1) is 12.6. The second-order valence-corrected chi connectivity index (χ2v) is 11.3. The zero-order chi connectivity index (χ0) is 19.8. The molecule has 0 aliphatic rings. The Morgan fingerprint density at radius 1 is 0.926 bits per heavy atom. The molecule has 0 unspecified atom stereocenters. The summed E-state index contributed by atoms with van der Waals surface area (Å²) in [6.45, 7) is 1.54. The van der Waals surface area contributed by atoms with Crippen LogP contribution in [0, 0.1) is 5.82 Å². The van der Waals surface area contributed by atoms with Crippen LogP contribution in [0.1, 0.15) is 6.92 Å². The van der Waals surface area contributed by atoms with Crippen molar-refractivity contribution >= 4 is 31.0 Å². The number of hydrogen-bond acceptors (Lipinski definition) is 6. The van der Waals surface area contributed by atoms with Crippen molar-refractivity contribution in [3.05, 3.63) is 54.3 Å². The first-order valence-electron chi connectivity index (χ1n) is 7.92. The van der Waals surface area contributed by atoms with E-state index in [1.165, 1.54) is 31.2 Å². The molecule has 0 fully saturated rings. The summed E-state index contributed by atoms with van der Waals surface area (Å²) in [5.74, 6) is -0.487. The molecule has 0 radical (unpaired) electrons. The van der Waals surface area contributed by atoms with Crippen molar-refractivity contribution in [3.8, 4) is 21.7 Å². The lowest BCUT2D eigenvalue weighted by molar-refractivity contribution is 0.596. The van der Waals surface area contributed by atoms with Gasteiger partial charge in [0.1, 0.15) is 5.82 Å². The molecule has 27 heavy (non-hydrogen) atoms. The number of hydrogen-bond donors (Lipinski definition) is 0. The normalized spacial score (nSPS) is 12.3. The molecular formula is C18H16FNO4S3. The fourth-order valence-corrected chi connectivity index (χ4v) is 5.45. The van der Waals surface area contributed by atoms with Crippen LogP contribution in [0.4, 0.5) is 4.39 Å². The van der Waals surface area contributed by atoms with Crippen molar-refractivity contribution < 1.29 is 21.2 Å². The van der Waals surface area contributed by atoms with Crippen LogP contribution in [0.2, 0.25) is 0 Å². The topological polar surface area (TPSA) is 81.2 Å². The smallest absolute Gasteiger partial charge is 0.210 e. The third kappa shape index (κ3) is 4.10. The van der Waals surface area contributed by atoms with E-state index >= 15 is 0 Å². The summed E-state index contributed by atoms with van der Waals surface area (Å²) in [7, 11) is -6.86. The summed E-state index contributed by atoms with van der Waals surface area (Å²) in [6.07, 6.45) is 1.11. The number of nitrogens with zero attached hydrogens (tertiary/aromatic N) is 1. The molecule has 3 aromatic rings. The van der Waals surface area contributed by atoms with E-state index in [0.29, 0.717) is 21.7 Å². The Labute approximate surface area is 161 Å². The van der Waals surface area contributed by atoms with Crippen molar-refractivity contribution in [1.29, 1.82) is 0 Å². The van der Waals surface area contributed by atoms with Crippen molar-refractivity contribution in [1.82, 2.24) is 4.98 Å². The molecule has 3 rings (SSSR count). The molecule has 2 aromatic carbocycles. The molecule has 142 valence electrons. The van der Waals surface area contributed by atoms with Gasteiger partial charge in [-0.1, -0.05) is 31.2 Å². The van der Waals surface area contributed by atoms with Gasteiger partial charge in [0.25, 0.3) is 0 Å². The molecule has 0 spiro atoms. The number of rotatable bonds is 5. The standard InChI is InChI=1S/C18H16FNO4S3/c1-3-27(23,24)18-20-16(12-6-10-15(11-7-12)26(2,21)22)17(25-18)13-4-8-14(19)9-5-13/h4-11H,3H2,1-2H3. The van der Waals surface area contributed by atoms with Crippen LogP contribution in [0.15, 0.2) is 57.8 Å². The highest BCUT2D eigenvalue weighted by Crippen LogP contribution is 2.39. The Balaban J connectivity index is 2.20. The molecular weight excluding hydrogens is 409 g/mol. The number of benzene rings is 2. The third-order valence-corrected chi connectivity index (χ3v) is 8.34. The molecule has 0 amide bonds. The van der Waals surface area contributed by atoms with Gasteiger partial charge in [-0.2, -0.15) is 0 Å². The molecule has 1 heterocycles. The Bertz CT molecular complexity index is 1180. The monoisotopic (exact) mass is 425 g/mol. The van der Waals surface area contributed by atoms with E-state index in [2.05, 4.69) is 4.98 Å². The Kier molecular flexibility index (Phi) is 5.20. The van der Waals surface area contributed by atoms with Gasteiger partial charge in [-0.3, -0.25) is 0 Å². The number of halogens is 1. The molecule has 0 aliphatic carbocycles. The first kappa shape index (κ1) is 19.7. The van der Waals surface area contributed by atoms with Crippen molar-refractivity contribution in [2.75, 3.05) is 12.0 Å². The van der Waals surface area contributed by atoms with E-state index in [0.717, 1.165) is 17.6 Å². The van der Waals surface area contributed by atoms with E-state index in [4.69, 9.17) is 0 Å². The van der Waals surface area contributed by atoms with Crippen LogP contribution in [-0.4, -0.2) is 33.8 Å². The second-order valence-electron chi connectivity index (χ2n) is 5.86. The highest BCUT2D eigenvalue weighted by atomic mass is 32.2. The van der Waals surface area contributed by atoms with Crippen LogP contribution in [0.3, 0.4) is 0 Å². The highest BCUT2D eigenvalue weighted by molar-refractivity contribution is 7.93. The fourth-order valence-electron chi connectivity index (χ4n) is 2.41. The van der Waals surface area contributed by atoms with Gasteiger partial charge in [0.15, 0.2) is 9.84 Å². The van der Waals surface area contributed by atoms with E-state index < -0.39 is 25.5 Å². The first-order valence-corrected chi connectivity index (χ1v) is 12.3. The van der Waals surface area contributed by atoms with Crippen LogP contribution in [0.5, 0.6) is 0 Å². The molecule has 0 saturated carbocycles. The summed E-state index contributed by atoms with van der Waals surface area (Å²) in [6, 6.07) is 11.8. The lowest BCUT2D eigenvalue weighted by atomic mass is 10.1. The minimum Gasteiger partial charge on any atom is -0.224 e. The predicted octanol–water partition coefficient (Wildman–Crippen LogP) is 3.81. The highest BCUT2D eigenvalue weighted by Gasteiger charge is 2.23. The molecule has 0 bridgehead atoms. The van der Waals surface area contributed by atoms with Gasteiger partial charge in [0, 0.05) is 11.8 Å². The molecule has 0 atom stereocenters. The summed E-state index contributed by atoms with van der Waals surface area (Å²) >= 11 is 1.01. The van der Waals surface area contributed by atoms with Gasteiger partial charge < -0.3 is 0 Å². The zero-order valence-electron chi connectivity index (χ0n) is 14.5.